The number of hydrogen-bond acceptors (Lipinski definition) is 4. The molecule has 3 N–H and O–H groups in total. The van der Waals surface area contributed by atoms with E-state index >= 15 is 0 Å². The molecule has 0 amide bonds. The van der Waals surface area contributed by atoms with E-state index in [9.17, 15) is 0 Å². The number of methoxy groups -OCH3 is 1. The first kappa shape index (κ1) is 14.1. The largest absolute Gasteiger partial charge is 0.385 e. The van der Waals surface area contributed by atoms with E-state index in [2.05, 4.69) is 32.7 Å². The van der Waals surface area contributed by atoms with Crippen LogP contribution < -0.4 is 11.1 Å². The van der Waals surface area contributed by atoms with E-state index in [1.807, 2.05) is 0 Å². The molecule has 0 saturated carbocycles. The van der Waals surface area contributed by atoms with Crippen LogP contribution in [0.3, 0.4) is 0 Å². The Kier molecular flexibility index (Phi) is 7.23. The number of hydrogen-bond donors (Lipinski definition) is 2. The van der Waals surface area contributed by atoms with Crippen molar-refractivity contribution in [2.45, 2.75) is 25.4 Å². The Balaban J connectivity index is 2.06. The van der Waals surface area contributed by atoms with Crippen molar-refractivity contribution >= 4 is 27.3 Å². The van der Waals surface area contributed by atoms with E-state index < -0.39 is 0 Å². The molecule has 1 heterocycles. The molecule has 0 spiro atoms. The minimum atomic E-state index is 0.221. The quantitative estimate of drug-likeness (QED) is 0.725. The summed E-state index contributed by atoms with van der Waals surface area (Å²) in [6.07, 6.45) is 2.04. The molecule has 1 aromatic heterocycles. The van der Waals surface area contributed by atoms with E-state index in [0.717, 1.165) is 37.0 Å². The van der Waals surface area contributed by atoms with Crippen molar-refractivity contribution in [2.75, 3.05) is 20.3 Å². The molecule has 0 saturated heterocycles. The summed E-state index contributed by atoms with van der Waals surface area (Å²) < 4.78 is 6.14. The molecular formula is C11H19BrN2OS. The summed E-state index contributed by atoms with van der Waals surface area (Å²) in [5.74, 6) is 0. The zero-order valence-electron chi connectivity index (χ0n) is 9.54. The summed E-state index contributed by atoms with van der Waals surface area (Å²) in [5, 5.41) is 5.46. The number of ether oxygens (including phenoxy) is 1. The van der Waals surface area contributed by atoms with E-state index in [1.54, 1.807) is 18.4 Å². The number of halogens is 1. The lowest BCUT2D eigenvalue weighted by molar-refractivity contribution is 0.190. The van der Waals surface area contributed by atoms with Crippen LogP contribution in [-0.4, -0.2) is 26.3 Å². The minimum Gasteiger partial charge on any atom is -0.385 e. The molecule has 3 nitrogen and oxygen atoms in total. The molecule has 0 aliphatic rings. The molecule has 0 aliphatic heterocycles. The van der Waals surface area contributed by atoms with Crippen molar-refractivity contribution in [2.24, 2.45) is 5.73 Å². The Morgan fingerprint density at radius 1 is 1.62 bits per heavy atom. The van der Waals surface area contributed by atoms with E-state index in [0.29, 0.717) is 0 Å². The first-order valence-electron chi connectivity index (χ1n) is 5.40. The Bertz CT molecular complexity index is 293. The fraction of sp³-hybridized carbons (Fsp3) is 0.636. The first-order valence-corrected chi connectivity index (χ1v) is 7.07. The van der Waals surface area contributed by atoms with Crippen molar-refractivity contribution in [1.29, 1.82) is 0 Å². The highest BCUT2D eigenvalue weighted by Gasteiger charge is 2.02. The van der Waals surface area contributed by atoms with Gasteiger partial charge < -0.3 is 15.8 Å². The Morgan fingerprint density at radius 2 is 2.44 bits per heavy atom. The van der Waals surface area contributed by atoms with Crippen LogP contribution in [-0.2, 0) is 11.3 Å². The van der Waals surface area contributed by atoms with Crippen LogP contribution in [0.1, 0.15) is 17.7 Å². The topological polar surface area (TPSA) is 47.3 Å². The molecule has 0 aromatic carbocycles. The van der Waals surface area contributed by atoms with Gasteiger partial charge in [-0.05, 0) is 34.8 Å². The normalized spacial score (nSPS) is 12.9. The molecule has 0 aliphatic carbocycles. The lowest BCUT2D eigenvalue weighted by Crippen LogP contribution is -2.33. The third kappa shape index (κ3) is 5.96. The van der Waals surface area contributed by atoms with E-state index in [-0.39, 0.29) is 6.04 Å². The van der Waals surface area contributed by atoms with Crippen LogP contribution in [0.25, 0.3) is 0 Å². The van der Waals surface area contributed by atoms with Crippen LogP contribution in [0, 0.1) is 0 Å². The summed E-state index contributed by atoms with van der Waals surface area (Å²) in [5.41, 5.74) is 5.96. The van der Waals surface area contributed by atoms with Crippen LogP contribution >= 0.6 is 27.3 Å². The SMILES string of the molecule is COCCCC(N)CNCc1cc(Br)cs1. The highest BCUT2D eigenvalue weighted by molar-refractivity contribution is 9.10. The van der Waals surface area contributed by atoms with Gasteiger partial charge in [0, 0.05) is 47.6 Å². The van der Waals surface area contributed by atoms with Crippen LogP contribution in [0.5, 0.6) is 0 Å². The van der Waals surface area contributed by atoms with Gasteiger partial charge in [0.05, 0.1) is 0 Å². The molecule has 0 bridgehead atoms. The minimum absolute atomic E-state index is 0.221. The van der Waals surface area contributed by atoms with Crippen molar-refractivity contribution in [3.05, 3.63) is 20.8 Å². The maximum atomic E-state index is 5.96. The second-order valence-corrected chi connectivity index (χ2v) is 5.67. The fourth-order valence-electron chi connectivity index (χ4n) is 1.42. The molecule has 1 unspecified atom stereocenters. The second kappa shape index (κ2) is 8.20. The highest BCUT2D eigenvalue weighted by Crippen LogP contribution is 2.19. The lowest BCUT2D eigenvalue weighted by atomic mass is 10.2. The molecule has 5 heteroatoms. The van der Waals surface area contributed by atoms with Gasteiger partial charge in [-0.1, -0.05) is 0 Å². The number of nitrogens with one attached hydrogen (secondary N) is 1. The summed E-state index contributed by atoms with van der Waals surface area (Å²) in [7, 11) is 1.72. The zero-order chi connectivity index (χ0) is 11.8. The molecule has 0 fully saturated rings. The maximum absolute atomic E-state index is 5.96. The van der Waals surface area contributed by atoms with Gasteiger partial charge in [-0.3, -0.25) is 0 Å². The molecule has 1 atom stereocenters. The highest BCUT2D eigenvalue weighted by atomic mass is 79.9. The van der Waals surface area contributed by atoms with Crippen molar-refractivity contribution < 1.29 is 4.74 Å². The predicted molar refractivity (Wildman–Crippen MR) is 72.8 cm³/mol. The Morgan fingerprint density at radius 3 is 3.06 bits per heavy atom. The van der Waals surface area contributed by atoms with Gasteiger partial charge in [-0.2, -0.15) is 0 Å². The standard InChI is InChI=1S/C11H19BrN2OS/c1-15-4-2-3-10(13)6-14-7-11-5-9(12)8-16-11/h5,8,10,14H,2-4,6-7,13H2,1H3. The average molecular weight is 307 g/mol. The molecular weight excluding hydrogens is 288 g/mol. The van der Waals surface area contributed by atoms with Crippen LogP contribution in [0.15, 0.2) is 15.9 Å². The average Bonchev–Trinajstić information content (AvgIpc) is 2.65. The fourth-order valence-corrected chi connectivity index (χ4v) is 2.84. The smallest absolute Gasteiger partial charge is 0.0462 e. The second-order valence-electron chi connectivity index (χ2n) is 3.76. The lowest BCUT2D eigenvalue weighted by Gasteiger charge is -2.11. The van der Waals surface area contributed by atoms with Gasteiger partial charge in [-0.15, -0.1) is 11.3 Å². The van der Waals surface area contributed by atoms with Crippen LogP contribution in [0.2, 0.25) is 0 Å². The van der Waals surface area contributed by atoms with Crippen molar-refractivity contribution in [3.63, 3.8) is 0 Å². The zero-order valence-corrected chi connectivity index (χ0v) is 11.9. The van der Waals surface area contributed by atoms with E-state index in [4.69, 9.17) is 10.5 Å². The van der Waals surface area contributed by atoms with Gasteiger partial charge in [0.1, 0.15) is 0 Å². The van der Waals surface area contributed by atoms with Gasteiger partial charge in [-0.25, -0.2) is 0 Å². The molecule has 1 aromatic rings. The Hall–Kier alpha value is 0.0600. The van der Waals surface area contributed by atoms with Crippen LogP contribution in [0.4, 0.5) is 0 Å². The van der Waals surface area contributed by atoms with E-state index in [1.165, 1.54) is 4.88 Å². The summed E-state index contributed by atoms with van der Waals surface area (Å²) in [6.45, 7) is 2.55. The Labute approximate surface area is 109 Å². The predicted octanol–water partition coefficient (Wildman–Crippen LogP) is 2.35. The van der Waals surface area contributed by atoms with Gasteiger partial charge in [0.15, 0.2) is 0 Å². The van der Waals surface area contributed by atoms with Gasteiger partial charge in [0.25, 0.3) is 0 Å². The summed E-state index contributed by atoms with van der Waals surface area (Å²) in [6, 6.07) is 2.35. The number of nitrogens with two attached hydrogens (primary N) is 1. The van der Waals surface area contributed by atoms with Gasteiger partial charge >= 0.3 is 0 Å². The van der Waals surface area contributed by atoms with Crippen molar-refractivity contribution in [1.82, 2.24) is 5.32 Å². The first-order chi connectivity index (χ1) is 7.72. The molecule has 92 valence electrons. The molecule has 0 radical (unpaired) electrons. The third-order valence-corrected chi connectivity index (χ3v) is 3.95. The molecule has 1 rings (SSSR count). The van der Waals surface area contributed by atoms with Gasteiger partial charge in [0.2, 0.25) is 0 Å². The summed E-state index contributed by atoms with van der Waals surface area (Å²) >= 11 is 5.19. The number of thiophene rings is 1. The molecule has 16 heavy (non-hydrogen) atoms. The number of rotatable bonds is 8. The monoisotopic (exact) mass is 306 g/mol. The third-order valence-electron chi connectivity index (χ3n) is 2.25. The summed E-state index contributed by atoms with van der Waals surface area (Å²) in [4.78, 5) is 1.33. The van der Waals surface area contributed by atoms with Crippen molar-refractivity contribution in [3.8, 4) is 0 Å². The maximum Gasteiger partial charge on any atom is 0.0462 e.